The largest absolute Gasteiger partial charge is 0.497 e. The molecular weight excluding hydrogens is 226 g/mol. The fraction of sp³-hybridized carbons (Fsp3) is 0.600. The second-order valence-electron chi connectivity index (χ2n) is 4.94. The lowest BCUT2D eigenvalue weighted by atomic mass is 9.85. The second kappa shape index (κ2) is 6.21. The van der Waals surface area contributed by atoms with E-state index in [1.165, 1.54) is 11.1 Å². The molecule has 1 aromatic carbocycles. The van der Waals surface area contributed by atoms with E-state index in [9.17, 15) is 0 Å². The number of ether oxygens (including phenoxy) is 2. The van der Waals surface area contributed by atoms with Gasteiger partial charge < -0.3 is 14.8 Å². The average Bonchev–Trinajstić information content (AvgIpc) is 2.42. The lowest BCUT2D eigenvalue weighted by Crippen LogP contribution is -2.30. The Kier molecular flexibility index (Phi) is 4.61. The first-order chi connectivity index (χ1) is 8.76. The highest BCUT2D eigenvalue weighted by Gasteiger charge is 2.25. The summed E-state index contributed by atoms with van der Waals surface area (Å²) in [7, 11) is 3.76. The van der Waals surface area contributed by atoms with Crippen LogP contribution in [0.4, 0.5) is 0 Å². The third-order valence-electron chi connectivity index (χ3n) is 3.86. The third kappa shape index (κ3) is 2.85. The number of nitrogens with one attached hydrogen (secondary N) is 1. The Morgan fingerprint density at radius 1 is 1.33 bits per heavy atom. The SMILES string of the molecule is CNC(c1ccc(OC)cc1C)C1CCOCC1. The number of rotatable bonds is 4. The van der Waals surface area contributed by atoms with Gasteiger partial charge in [0.05, 0.1) is 7.11 Å². The van der Waals surface area contributed by atoms with Gasteiger partial charge in [-0.15, -0.1) is 0 Å². The summed E-state index contributed by atoms with van der Waals surface area (Å²) in [6, 6.07) is 6.76. The van der Waals surface area contributed by atoms with Crippen molar-refractivity contribution in [2.75, 3.05) is 27.4 Å². The summed E-state index contributed by atoms with van der Waals surface area (Å²) in [5.41, 5.74) is 2.67. The Morgan fingerprint density at radius 2 is 2.06 bits per heavy atom. The standard InChI is InChI=1S/C15H23NO2/c1-11-10-13(17-3)4-5-14(11)15(16-2)12-6-8-18-9-7-12/h4-5,10,12,15-16H,6-9H2,1-3H3. The number of hydrogen-bond acceptors (Lipinski definition) is 3. The van der Waals surface area contributed by atoms with Gasteiger partial charge >= 0.3 is 0 Å². The quantitative estimate of drug-likeness (QED) is 0.890. The maximum absolute atomic E-state index is 5.45. The normalized spacial score (nSPS) is 18.6. The van der Waals surface area contributed by atoms with E-state index in [1.807, 2.05) is 13.1 Å². The van der Waals surface area contributed by atoms with E-state index in [0.29, 0.717) is 12.0 Å². The molecule has 1 fully saturated rings. The molecule has 3 heteroatoms. The van der Waals surface area contributed by atoms with Crippen LogP contribution in [0.2, 0.25) is 0 Å². The Morgan fingerprint density at radius 3 is 2.61 bits per heavy atom. The van der Waals surface area contributed by atoms with Gasteiger partial charge in [-0.2, -0.15) is 0 Å². The van der Waals surface area contributed by atoms with Crippen molar-refractivity contribution in [3.8, 4) is 5.75 Å². The molecule has 100 valence electrons. The van der Waals surface area contributed by atoms with Gasteiger partial charge in [0.2, 0.25) is 0 Å². The van der Waals surface area contributed by atoms with Crippen molar-refractivity contribution >= 4 is 0 Å². The predicted molar refractivity (Wildman–Crippen MR) is 73.1 cm³/mol. The Labute approximate surface area is 109 Å². The molecule has 1 aliphatic rings. The number of benzene rings is 1. The van der Waals surface area contributed by atoms with E-state index in [4.69, 9.17) is 9.47 Å². The van der Waals surface area contributed by atoms with Crippen molar-refractivity contribution in [3.05, 3.63) is 29.3 Å². The molecule has 0 aromatic heterocycles. The van der Waals surface area contributed by atoms with Crippen molar-refractivity contribution in [1.82, 2.24) is 5.32 Å². The second-order valence-corrected chi connectivity index (χ2v) is 4.94. The molecule has 1 aromatic rings. The Hall–Kier alpha value is -1.06. The maximum atomic E-state index is 5.45. The fourth-order valence-electron chi connectivity index (χ4n) is 2.82. The lowest BCUT2D eigenvalue weighted by molar-refractivity contribution is 0.0545. The van der Waals surface area contributed by atoms with E-state index in [2.05, 4.69) is 24.4 Å². The zero-order valence-corrected chi connectivity index (χ0v) is 11.5. The first-order valence-electron chi connectivity index (χ1n) is 6.65. The molecule has 0 saturated carbocycles. The van der Waals surface area contributed by atoms with Crippen molar-refractivity contribution in [1.29, 1.82) is 0 Å². The van der Waals surface area contributed by atoms with Gasteiger partial charge in [0.1, 0.15) is 5.75 Å². The van der Waals surface area contributed by atoms with E-state index >= 15 is 0 Å². The summed E-state index contributed by atoms with van der Waals surface area (Å²) in [6.45, 7) is 3.93. The molecule has 0 spiro atoms. The molecule has 0 aliphatic carbocycles. The zero-order chi connectivity index (χ0) is 13.0. The van der Waals surface area contributed by atoms with Crippen molar-refractivity contribution < 1.29 is 9.47 Å². The summed E-state index contributed by atoms with van der Waals surface area (Å²) in [6.07, 6.45) is 2.27. The topological polar surface area (TPSA) is 30.5 Å². The van der Waals surface area contributed by atoms with Crippen LogP contribution < -0.4 is 10.1 Å². The van der Waals surface area contributed by atoms with Crippen molar-refractivity contribution in [2.45, 2.75) is 25.8 Å². The van der Waals surface area contributed by atoms with Crippen LogP contribution in [0.15, 0.2) is 18.2 Å². The van der Waals surface area contributed by atoms with Crippen LogP contribution in [0.25, 0.3) is 0 Å². The van der Waals surface area contributed by atoms with E-state index < -0.39 is 0 Å². The molecule has 1 atom stereocenters. The summed E-state index contributed by atoms with van der Waals surface area (Å²) in [5.74, 6) is 1.59. The van der Waals surface area contributed by atoms with E-state index in [0.717, 1.165) is 31.8 Å². The van der Waals surface area contributed by atoms with Gasteiger partial charge in [0.25, 0.3) is 0 Å². The smallest absolute Gasteiger partial charge is 0.119 e. The number of methoxy groups -OCH3 is 1. The highest BCUT2D eigenvalue weighted by Crippen LogP contribution is 2.32. The first kappa shape index (κ1) is 13.4. The van der Waals surface area contributed by atoms with Crippen LogP contribution in [0.3, 0.4) is 0 Å². The monoisotopic (exact) mass is 249 g/mol. The molecule has 0 radical (unpaired) electrons. The third-order valence-corrected chi connectivity index (χ3v) is 3.86. The molecule has 1 aliphatic heterocycles. The number of aryl methyl sites for hydroxylation is 1. The fourth-order valence-corrected chi connectivity index (χ4v) is 2.82. The average molecular weight is 249 g/mol. The summed E-state index contributed by atoms with van der Waals surface area (Å²) < 4.78 is 10.7. The summed E-state index contributed by atoms with van der Waals surface area (Å²) in [5, 5.41) is 3.47. The minimum absolute atomic E-state index is 0.416. The van der Waals surface area contributed by atoms with Crippen LogP contribution in [0, 0.1) is 12.8 Å². The van der Waals surface area contributed by atoms with Gasteiger partial charge in [0.15, 0.2) is 0 Å². The molecule has 2 rings (SSSR count). The molecule has 1 heterocycles. The molecule has 1 N–H and O–H groups in total. The molecule has 0 amide bonds. The summed E-state index contributed by atoms with van der Waals surface area (Å²) in [4.78, 5) is 0. The van der Waals surface area contributed by atoms with Crippen molar-refractivity contribution in [2.24, 2.45) is 5.92 Å². The van der Waals surface area contributed by atoms with Gasteiger partial charge in [-0.3, -0.25) is 0 Å². The number of hydrogen-bond donors (Lipinski definition) is 1. The minimum atomic E-state index is 0.416. The predicted octanol–water partition coefficient (Wildman–Crippen LogP) is 2.69. The first-order valence-corrected chi connectivity index (χ1v) is 6.65. The molecule has 3 nitrogen and oxygen atoms in total. The lowest BCUT2D eigenvalue weighted by Gasteiger charge is -2.31. The maximum Gasteiger partial charge on any atom is 0.119 e. The minimum Gasteiger partial charge on any atom is -0.497 e. The van der Waals surface area contributed by atoms with Crippen LogP contribution in [0.5, 0.6) is 5.75 Å². The molecule has 1 unspecified atom stereocenters. The van der Waals surface area contributed by atoms with Crippen LogP contribution in [-0.2, 0) is 4.74 Å². The van der Waals surface area contributed by atoms with Crippen LogP contribution in [-0.4, -0.2) is 27.4 Å². The molecule has 1 saturated heterocycles. The van der Waals surface area contributed by atoms with Crippen LogP contribution in [0.1, 0.15) is 30.0 Å². The zero-order valence-electron chi connectivity index (χ0n) is 11.5. The van der Waals surface area contributed by atoms with Gasteiger partial charge in [-0.05, 0) is 56.0 Å². The molecule has 18 heavy (non-hydrogen) atoms. The highest BCUT2D eigenvalue weighted by molar-refractivity contribution is 5.37. The van der Waals surface area contributed by atoms with Crippen LogP contribution >= 0.6 is 0 Å². The van der Waals surface area contributed by atoms with Gasteiger partial charge in [-0.1, -0.05) is 6.07 Å². The van der Waals surface area contributed by atoms with Gasteiger partial charge in [-0.25, -0.2) is 0 Å². The Balaban J connectivity index is 2.20. The van der Waals surface area contributed by atoms with E-state index in [-0.39, 0.29) is 0 Å². The van der Waals surface area contributed by atoms with Crippen molar-refractivity contribution in [3.63, 3.8) is 0 Å². The Bertz CT molecular complexity index is 386. The highest BCUT2D eigenvalue weighted by atomic mass is 16.5. The van der Waals surface area contributed by atoms with E-state index in [1.54, 1.807) is 7.11 Å². The van der Waals surface area contributed by atoms with Gasteiger partial charge in [0, 0.05) is 19.3 Å². The molecular formula is C15H23NO2. The summed E-state index contributed by atoms with van der Waals surface area (Å²) >= 11 is 0. The molecule has 0 bridgehead atoms.